The topological polar surface area (TPSA) is 78.8 Å². The highest BCUT2D eigenvalue weighted by Crippen LogP contribution is 2.28. The van der Waals surface area contributed by atoms with Crippen LogP contribution in [0.2, 0.25) is 10.0 Å². The second-order valence-corrected chi connectivity index (χ2v) is 8.76. The molecule has 1 N–H and O–H groups in total. The normalized spacial score (nSPS) is 11.5. The molecule has 0 unspecified atom stereocenters. The van der Waals surface area contributed by atoms with Gasteiger partial charge in [-0.25, -0.2) is 13.8 Å². The maximum atomic E-state index is 12.1. The summed E-state index contributed by atoms with van der Waals surface area (Å²) in [5.74, 6) is -0.607. The average Bonchev–Trinajstić information content (AvgIpc) is 2.56. The van der Waals surface area contributed by atoms with Gasteiger partial charge in [0.25, 0.3) is 5.91 Å². The molecule has 26 heavy (non-hydrogen) atoms. The summed E-state index contributed by atoms with van der Waals surface area (Å²) < 4.78 is 25.8. The van der Waals surface area contributed by atoms with Crippen LogP contribution in [0.5, 0.6) is 0 Å². The summed E-state index contributed by atoms with van der Waals surface area (Å²) >= 11 is 15.1. The minimum Gasteiger partial charge on any atom is -0.271 e. The third-order valence-corrected chi connectivity index (χ3v) is 5.78. The van der Waals surface area contributed by atoms with Gasteiger partial charge in [-0.2, -0.15) is 5.10 Å². The van der Waals surface area contributed by atoms with Crippen molar-refractivity contribution in [2.45, 2.75) is 0 Å². The highest BCUT2D eigenvalue weighted by Gasteiger charge is 2.21. The van der Waals surface area contributed by atoms with E-state index in [1.54, 1.807) is 6.07 Å². The Morgan fingerprint density at radius 3 is 2.54 bits per heavy atom. The molecule has 0 aromatic heterocycles. The zero-order valence-corrected chi connectivity index (χ0v) is 17.4. The summed E-state index contributed by atoms with van der Waals surface area (Å²) in [5, 5.41) is 4.31. The van der Waals surface area contributed by atoms with Gasteiger partial charge >= 0.3 is 0 Å². The molecule has 0 spiro atoms. The molecule has 0 aliphatic rings. The van der Waals surface area contributed by atoms with Crippen LogP contribution in [0.25, 0.3) is 0 Å². The van der Waals surface area contributed by atoms with Gasteiger partial charge in [0, 0.05) is 10.0 Å². The molecule has 2 aromatic rings. The predicted octanol–water partition coefficient (Wildman–Crippen LogP) is 3.67. The zero-order valence-electron chi connectivity index (χ0n) is 13.5. The molecule has 6 nitrogen and oxygen atoms in total. The van der Waals surface area contributed by atoms with E-state index in [2.05, 4.69) is 26.5 Å². The summed E-state index contributed by atoms with van der Waals surface area (Å²) in [6.45, 7) is -0.454. The van der Waals surface area contributed by atoms with E-state index in [0.29, 0.717) is 0 Å². The molecule has 0 fully saturated rings. The molecule has 2 aromatic carbocycles. The Balaban J connectivity index is 2.12. The molecular formula is C16H14BrCl2N3O3S. The van der Waals surface area contributed by atoms with Crippen LogP contribution >= 0.6 is 39.1 Å². The van der Waals surface area contributed by atoms with Gasteiger partial charge < -0.3 is 0 Å². The number of hydrogen-bond donors (Lipinski definition) is 1. The van der Waals surface area contributed by atoms with Crippen LogP contribution in [0.3, 0.4) is 0 Å². The van der Waals surface area contributed by atoms with Crippen molar-refractivity contribution in [3.8, 4) is 0 Å². The second kappa shape index (κ2) is 8.85. The molecule has 1 amide bonds. The fourth-order valence-corrected chi connectivity index (χ4v) is 3.49. The molecule has 2 rings (SSSR count). The molecule has 138 valence electrons. The number of rotatable bonds is 6. The lowest BCUT2D eigenvalue weighted by molar-refractivity contribution is -0.119. The van der Waals surface area contributed by atoms with E-state index in [1.165, 1.54) is 24.4 Å². The first-order valence-corrected chi connectivity index (χ1v) is 10.6. The standard InChI is InChI=1S/C16H14BrCl2N3O3S/c1-26(24,25)22(12-6-7-14(18)15(19)8-12)10-16(23)21-20-9-11-4-2-3-5-13(11)17/h2-9H,10H2,1H3,(H,21,23). The maximum Gasteiger partial charge on any atom is 0.260 e. The Hall–Kier alpha value is -1.61. The lowest BCUT2D eigenvalue weighted by atomic mass is 10.2. The number of benzene rings is 2. The highest BCUT2D eigenvalue weighted by molar-refractivity contribution is 9.10. The van der Waals surface area contributed by atoms with Crippen molar-refractivity contribution in [3.05, 3.63) is 62.5 Å². The van der Waals surface area contributed by atoms with Crippen molar-refractivity contribution in [2.75, 3.05) is 17.1 Å². The SMILES string of the molecule is CS(=O)(=O)N(CC(=O)NN=Cc1ccccc1Br)c1ccc(Cl)c(Cl)c1. The molecule has 0 atom stereocenters. The van der Waals surface area contributed by atoms with Crippen LogP contribution in [-0.2, 0) is 14.8 Å². The van der Waals surface area contributed by atoms with Gasteiger partial charge in [-0.05, 0) is 24.3 Å². The van der Waals surface area contributed by atoms with E-state index in [-0.39, 0.29) is 15.7 Å². The number of sulfonamides is 1. The van der Waals surface area contributed by atoms with Crippen LogP contribution < -0.4 is 9.73 Å². The fourth-order valence-electron chi connectivity index (χ4n) is 1.96. The first-order chi connectivity index (χ1) is 12.2. The number of nitrogens with zero attached hydrogens (tertiary/aromatic N) is 2. The number of hydrogen-bond acceptors (Lipinski definition) is 4. The molecule has 0 saturated carbocycles. The second-order valence-electron chi connectivity index (χ2n) is 5.18. The molecule has 0 aliphatic heterocycles. The van der Waals surface area contributed by atoms with Crippen LogP contribution in [0.15, 0.2) is 52.0 Å². The number of amides is 1. The van der Waals surface area contributed by atoms with Crippen LogP contribution in [-0.4, -0.2) is 33.3 Å². The van der Waals surface area contributed by atoms with Gasteiger partial charge in [0.2, 0.25) is 10.0 Å². The van der Waals surface area contributed by atoms with E-state index in [4.69, 9.17) is 23.2 Å². The van der Waals surface area contributed by atoms with Crippen LogP contribution in [0.1, 0.15) is 5.56 Å². The smallest absolute Gasteiger partial charge is 0.260 e. The summed E-state index contributed by atoms with van der Waals surface area (Å²) in [7, 11) is -3.72. The van der Waals surface area contributed by atoms with Crippen LogP contribution in [0, 0.1) is 0 Å². The zero-order chi connectivity index (χ0) is 19.3. The Morgan fingerprint density at radius 2 is 1.92 bits per heavy atom. The van der Waals surface area contributed by atoms with Crippen molar-refractivity contribution >= 4 is 67.0 Å². The van der Waals surface area contributed by atoms with Crippen molar-refractivity contribution in [3.63, 3.8) is 0 Å². The lowest BCUT2D eigenvalue weighted by Gasteiger charge is -2.21. The van der Waals surface area contributed by atoms with Crippen molar-refractivity contribution in [1.82, 2.24) is 5.43 Å². The summed E-state index contributed by atoms with van der Waals surface area (Å²) in [5.41, 5.74) is 3.29. The first kappa shape index (κ1) is 20.7. The third-order valence-electron chi connectivity index (χ3n) is 3.18. The van der Waals surface area contributed by atoms with Crippen molar-refractivity contribution < 1.29 is 13.2 Å². The number of hydrazone groups is 1. The summed E-state index contributed by atoms with van der Waals surface area (Å²) in [6.07, 6.45) is 2.44. The number of nitrogens with one attached hydrogen (secondary N) is 1. The predicted molar refractivity (Wildman–Crippen MR) is 109 cm³/mol. The fraction of sp³-hybridized carbons (Fsp3) is 0.125. The maximum absolute atomic E-state index is 12.1. The monoisotopic (exact) mass is 477 g/mol. The molecule has 0 aliphatic carbocycles. The number of carbonyl (C=O) groups excluding carboxylic acids is 1. The molecule has 0 heterocycles. The molecule has 0 bridgehead atoms. The number of halogens is 3. The third kappa shape index (κ3) is 5.70. The van der Waals surface area contributed by atoms with Gasteiger partial charge in [-0.1, -0.05) is 57.3 Å². The number of carbonyl (C=O) groups is 1. The quantitative estimate of drug-likeness (QED) is 0.508. The molecule has 10 heteroatoms. The summed E-state index contributed by atoms with van der Waals surface area (Å²) in [4.78, 5) is 12.1. The van der Waals surface area contributed by atoms with Crippen LogP contribution in [0.4, 0.5) is 5.69 Å². The van der Waals surface area contributed by atoms with E-state index in [1.807, 2.05) is 18.2 Å². The van der Waals surface area contributed by atoms with E-state index >= 15 is 0 Å². The van der Waals surface area contributed by atoms with E-state index in [9.17, 15) is 13.2 Å². The molecular weight excluding hydrogens is 465 g/mol. The van der Waals surface area contributed by atoms with Crippen molar-refractivity contribution in [2.24, 2.45) is 5.10 Å². The highest BCUT2D eigenvalue weighted by atomic mass is 79.9. The van der Waals surface area contributed by atoms with Gasteiger partial charge in [0.05, 0.1) is 28.2 Å². The Labute approximate surface area is 170 Å². The van der Waals surface area contributed by atoms with E-state index in [0.717, 1.165) is 20.6 Å². The van der Waals surface area contributed by atoms with Gasteiger partial charge in [-0.3, -0.25) is 9.10 Å². The van der Waals surface area contributed by atoms with Gasteiger partial charge in [0.15, 0.2) is 0 Å². The van der Waals surface area contributed by atoms with Gasteiger partial charge in [0.1, 0.15) is 6.54 Å². The number of anilines is 1. The Bertz CT molecular complexity index is 952. The first-order valence-electron chi connectivity index (χ1n) is 7.17. The Kier molecular flexibility index (Phi) is 7.05. The Morgan fingerprint density at radius 1 is 1.23 bits per heavy atom. The lowest BCUT2D eigenvalue weighted by Crippen LogP contribution is -2.39. The largest absolute Gasteiger partial charge is 0.271 e. The van der Waals surface area contributed by atoms with Gasteiger partial charge in [-0.15, -0.1) is 0 Å². The molecule has 0 saturated heterocycles. The average molecular weight is 479 g/mol. The van der Waals surface area contributed by atoms with Crippen molar-refractivity contribution in [1.29, 1.82) is 0 Å². The molecule has 0 radical (unpaired) electrons. The van der Waals surface area contributed by atoms with E-state index < -0.39 is 22.5 Å². The summed E-state index contributed by atoms with van der Waals surface area (Å²) in [6, 6.07) is 11.6. The minimum atomic E-state index is -3.72. The minimum absolute atomic E-state index is 0.185.